The molecule has 0 atom stereocenters. The number of hydrogen-bond acceptors (Lipinski definition) is 0. The van der Waals surface area contributed by atoms with Crippen molar-refractivity contribution < 1.29 is 24.0 Å². The number of rotatable bonds is 0. The molecule has 0 radical (unpaired) electrons. The van der Waals surface area contributed by atoms with E-state index >= 15 is 0 Å². The van der Waals surface area contributed by atoms with Crippen molar-refractivity contribution in [2.45, 2.75) is 20.8 Å². The normalized spacial score (nSPS) is 7.91. The fourth-order valence-electron chi connectivity index (χ4n) is 1.11. The van der Waals surface area contributed by atoms with Gasteiger partial charge in [-0.05, 0) is 0 Å². The summed E-state index contributed by atoms with van der Waals surface area (Å²) in [6.45, 7) is 6.24. The van der Waals surface area contributed by atoms with Crippen molar-refractivity contribution in [1.82, 2.24) is 0 Å². The zero-order valence-electron chi connectivity index (χ0n) is 7.24. The Morgan fingerprint density at radius 3 is 1.64 bits per heavy atom. The topological polar surface area (TPSA) is 0 Å². The second kappa shape index (κ2) is 6.70. The molecule has 0 amide bonds. The molecule has 0 aliphatic rings. The van der Waals surface area contributed by atoms with Gasteiger partial charge in [-0.2, -0.15) is 34.9 Å². The van der Waals surface area contributed by atoms with Crippen molar-refractivity contribution in [3.8, 4) is 0 Å². The average molecular weight is 286 g/mol. The first kappa shape index (κ1) is 14.7. The van der Waals surface area contributed by atoms with E-state index in [2.05, 4.69) is 39.0 Å². The maximum absolute atomic E-state index is 3.21. The summed E-state index contributed by atoms with van der Waals surface area (Å²) in [4.78, 5) is 0. The number of benzene rings is 1. The van der Waals surface area contributed by atoms with Crippen LogP contribution in [0.5, 0.6) is 0 Å². The average Bonchev–Trinajstić information content (AvgIpc) is 1.59. The van der Waals surface area contributed by atoms with Gasteiger partial charge in [0.15, 0.2) is 0 Å². The molecule has 0 N–H and O–H groups in total. The Morgan fingerprint density at radius 1 is 1.00 bits per heavy atom. The molecule has 1 rings (SSSR count). The first-order valence-corrected chi connectivity index (χ1v) is 3.15. The molecule has 1 aromatic carbocycles. The zero-order valence-corrected chi connectivity index (χ0v) is 11.6. The minimum Gasteiger partial charge on any atom is -1.00 e. The molecule has 2 heteroatoms. The Bertz CT molecular complexity index is 170. The summed E-state index contributed by atoms with van der Waals surface area (Å²) < 4.78 is 0. The van der Waals surface area contributed by atoms with Crippen LogP contribution in [0.1, 0.15) is 16.7 Å². The Balaban J connectivity index is 0. The van der Waals surface area contributed by atoms with Crippen molar-refractivity contribution in [3.63, 3.8) is 0 Å². The second-order valence-corrected chi connectivity index (χ2v) is 2.52. The number of halogens is 1. The molecule has 0 spiro atoms. The summed E-state index contributed by atoms with van der Waals surface area (Å²) in [6, 6.07) is 7.47. The van der Waals surface area contributed by atoms with Gasteiger partial charge in [0.25, 0.3) is 0 Å². The van der Waals surface area contributed by atoms with Crippen molar-refractivity contribution in [2.75, 3.05) is 0 Å². The molecule has 0 unspecified atom stereocenters. The molecule has 0 bridgehead atoms. The molecule has 0 saturated carbocycles. The molecule has 0 nitrogen and oxygen atoms in total. The predicted octanol–water partition coefficient (Wildman–Crippen LogP) is -0.965. The van der Waals surface area contributed by atoms with E-state index in [9.17, 15) is 0 Å². The third kappa shape index (κ3) is 5.45. The summed E-state index contributed by atoms with van der Waals surface area (Å²) in [7, 11) is 0. The Hall–Kier alpha value is 1.21. The standard InChI is InChI=1S/C9H11.Ca.HI/c1-7-4-8(2)6-9(3)5-7;;/h4-5H,1-3H3;;1H/q-1;+2;/p-1. The van der Waals surface area contributed by atoms with Gasteiger partial charge in [0, 0.05) is 0 Å². The largest absolute Gasteiger partial charge is 2.00 e. The second-order valence-electron chi connectivity index (χ2n) is 2.52. The molecular formula is C9H11CaI. The third-order valence-electron chi connectivity index (χ3n) is 1.28. The molecule has 56 valence electrons. The van der Waals surface area contributed by atoms with Gasteiger partial charge in [0.05, 0.1) is 0 Å². The first-order valence-electron chi connectivity index (χ1n) is 3.15. The first-order chi connectivity index (χ1) is 4.18. The van der Waals surface area contributed by atoms with E-state index in [1.807, 2.05) is 0 Å². The summed E-state index contributed by atoms with van der Waals surface area (Å²) in [5.74, 6) is 0. The van der Waals surface area contributed by atoms with Crippen LogP contribution in [0.2, 0.25) is 0 Å². The van der Waals surface area contributed by atoms with Crippen LogP contribution in [0.4, 0.5) is 0 Å². The minimum atomic E-state index is 0. The third-order valence-corrected chi connectivity index (χ3v) is 1.28. The number of aryl methyl sites for hydroxylation is 3. The van der Waals surface area contributed by atoms with Gasteiger partial charge < -0.3 is 24.0 Å². The number of hydrogen-bond donors (Lipinski definition) is 0. The van der Waals surface area contributed by atoms with Crippen LogP contribution in [0.15, 0.2) is 12.1 Å². The summed E-state index contributed by atoms with van der Waals surface area (Å²) in [5, 5.41) is 0. The molecule has 0 aromatic heterocycles. The van der Waals surface area contributed by atoms with Crippen molar-refractivity contribution in [1.29, 1.82) is 0 Å². The summed E-state index contributed by atoms with van der Waals surface area (Å²) >= 11 is 0. The van der Waals surface area contributed by atoms with E-state index in [4.69, 9.17) is 0 Å². The van der Waals surface area contributed by atoms with Gasteiger partial charge in [-0.15, -0.1) is 0 Å². The maximum atomic E-state index is 3.21. The van der Waals surface area contributed by atoms with Crippen LogP contribution in [0.3, 0.4) is 0 Å². The van der Waals surface area contributed by atoms with Crippen molar-refractivity contribution in [2.24, 2.45) is 0 Å². The van der Waals surface area contributed by atoms with Gasteiger partial charge in [-0.1, -0.05) is 20.8 Å². The predicted molar refractivity (Wildman–Crippen MR) is 45.2 cm³/mol. The van der Waals surface area contributed by atoms with Gasteiger partial charge in [-0.3, -0.25) is 0 Å². The van der Waals surface area contributed by atoms with Crippen LogP contribution >= 0.6 is 0 Å². The van der Waals surface area contributed by atoms with E-state index in [1.54, 1.807) is 0 Å². The molecule has 0 fully saturated rings. The summed E-state index contributed by atoms with van der Waals surface area (Å²) in [6.07, 6.45) is 0. The fraction of sp³-hybridized carbons (Fsp3) is 0.333. The van der Waals surface area contributed by atoms with E-state index in [0.29, 0.717) is 0 Å². The minimum absolute atomic E-state index is 0. The van der Waals surface area contributed by atoms with E-state index in [0.717, 1.165) is 0 Å². The smallest absolute Gasteiger partial charge is 1.00 e. The Morgan fingerprint density at radius 2 is 1.36 bits per heavy atom. The molecular weight excluding hydrogens is 275 g/mol. The quantitative estimate of drug-likeness (QED) is 0.327. The zero-order chi connectivity index (χ0) is 6.85. The molecule has 1 aromatic rings. The Labute approximate surface area is 116 Å². The van der Waals surface area contributed by atoms with Crippen LogP contribution in [-0.2, 0) is 0 Å². The van der Waals surface area contributed by atoms with E-state index < -0.39 is 0 Å². The van der Waals surface area contributed by atoms with Gasteiger partial charge >= 0.3 is 37.7 Å². The van der Waals surface area contributed by atoms with Gasteiger partial charge in [0.1, 0.15) is 0 Å². The van der Waals surface area contributed by atoms with Crippen LogP contribution in [0.25, 0.3) is 0 Å². The maximum Gasteiger partial charge on any atom is 2.00 e. The molecule has 0 saturated heterocycles. The monoisotopic (exact) mass is 286 g/mol. The SMILES string of the molecule is Cc1[c-]c(C)cc(C)c1.[Ca+2].[I-]. The van der Waals surface area contributed by atoms with Crippen LogP contribution < -0.4 is 24.0 Å². The van der Waals surface area contributed by atoms with E-state index in [-0.39, 0.29) is 61.7 Å². The van der Waals surface area contributed by atoms with Crippen molar-refractivity contribution in [3.05, 3.63) is 34.9 Å². The molecule has 0 heterocycles. The van der Waals surface area contributed by atoms with Crippen molar-refractivity contribution >= 4 is 37.7 Å². The Kier molecular flexibility index (Phi) is 8.96. The molecule has 0 aliphatic carbocycles. The van der Waals surface area contributed by atoms with Crippen LogP contribution in [-0.4, -0.2) is 37.7 Å². The summed E-state index contributed by atoms with van der Waals surface area (Å²) in [5.41, 5.74) is 3.78. The molecule has 11 heavy (non-hydrogen) atoms. The van der Waals surface area contributed by atoms with Gasteiger partial charge in [-0.25, -0.2) is 0 Å². The van der Waals surface area contributed by atoms with Gasteiger partial charge in [0.2, 0.25) is 0 Å². The molecule has 0 aliphatic heterocycles. The fourth-order valence-corrected chi connectivity index (χ4v) is 1.11. The van der Waals surface area contributed by atoms with Crippen LogP contribution in [0, 0.1) is 26.8 Å². The van der Waals surface area contributed by atoms with E-state index in [1.165, 1.54) is 16.7 Å².